The van der Waals surface area contributed by atoms with Crippen LogP contribution in [0.3, 0.4) is 0 Å². The Labute approximate surface area is 62.8 Å². The third-order valence-electron chi connectivity index (χ3n) is 0.797. The predicted molar refractivity (Wildman–Crippen MR) is 40.7 cm³/mol. The van der Waals surface area contributed by atoms with Crippen LogP contribution in [-0.2, 0) is 14.4 Å². The van der Waals surface area contributed by atoms with Gasteiger partial charge in [0.1, 0.15) is 0 Å². The molecule has 0 aromatic rings. The fraction of sp³-hybridized carbons (Fsp3) is 1.00. The molecule has 0 amide bonds. The summed E-state index contributed by atoms with van der Waals surface area (Å²) in [7, 11) is -4.34. The fourth-order valence-corrected chi connectivity index (χ4v) is 1.79. The molecule has 0 heterocycles. The summed E-state index contributed by atoms with van der Waals surface area (Å²) in [4.78, 5) is 0. The first kappa shape index (κ1) is 10.3. The highest BCUT2D eigenvalue weighted by Crippen LogP contribution is 2.16. The van der Waals surface area contributed by atoms with E-state index in [0.717, 1.165) is 12.8 Å². The van der Waals surface area contributed by atoms with Gasteiger partial charge in [0.15, 0.2) is 0 Å². The highest BCUT2D eigenvalue weighted by atomic mass is 32.3. The van der Waals surface area contributed by atoms with Gasteiger partial charge < -0.3 is 0 Å². The average Bonchev–Trinajstić information content (AvgIpc) is 1.78. The van der Waals surface area contributed by atoms with E-state index >= 15 is 0 Å². The number of unbranched alkanes of at least 4 members (excludes halogenated alkanes) is 1. The third-order valence-corrected chi connectivity index (χ3v) is 2.67. The summed E-state index contributed by atoms with van der Waals surface area (Å²) >= 11 is 0. The van der Waals surface area contributed by atoms with Gasteiger partial charge in [-0.2, -0.15) is 8.42 Å². The predicted octanol–water partition coefficient (Wildman–Crippen LogP) is 1.20. The molecule has 0 saturated carbocycles. The Hall–Kier alpha value is 0.300. The van der Waals surface area contributed by atoms with Crippen LogP contribution in [-0.4, -0.2) is 19.1 Å². The Morgan fingerprint density at radius 3 is 2.60 bits per heavy atom. The van der Waals surface area contributed by atoms with Crippen LogP contribution in [0.4, 0.5) is 0 Å². The first-order valence-electron chi connectivity index (χ1n) is 2.95. The Bertz CT molecular complexity index is 164. The maximum Gasteiger partial charge on any atom is 0.400 e. The number of hydrogen-bond donors (Lipinski definition) is 1. The third kappa shape index (κ3) is 8.30. The van der Waals surface area contributed by atoms with Crippen molar-refractivity contribution in [3.63, 3.8) is 0 Å². The van der Waals surface area contributed by atoms with Gasteiger partial charge in [0.25, 0.3) is 0 Å². The summed E-state index contributed by atoms with van der Waals surface area (Å²) in [5.74, 6) is 0. The van der Waals surface area contributed by atoms with Crippen molar-refractivity contribution in [2.75, 3.05) is 6.16 Å². The topological polar surface area (TPSA) is 63.6 Å². The first-order valence-corrected chi connectivity index (χ1v) is 5.43. The normalized spacial score (nSPS) is 13.0. The lowest BCUT2D eigenvalue weighted by atomic mass is 10.4. The van der Waals surface area contributed by atoms with Gasteiger partial charge in [0.2, 0.25) is 0 Å². The SMILES string of the molecule is CCCCPOS(=O)(=O)O. The Morgan fingerprint density at radius 1 is 1.60 bits per heavy atom. The van der Waals surface area contributed by atoms with E-state index in [9.17, 15) is 8.42 Å². The molecule has 0 bridgehead atoms. The van der Waals surface area contributed by atoms with Crippen molar-refractivity contribution in [2.45, 2.75) is 19.8 Å². The minimum atomic E-state index is -4.19. The molecule has 1 unspecified atom stereocenters. The minimum absolute atomic E-state index is 0.148. The van der Waals surface area contributed by atoms with Gasteiger partial charge in [-0.15, -0.1) is 0 Å². The van der Waals surface area contributed by atoms with Crippen LogP contribution in [0.1, 0.15) is 19.8 Å². The molecule has 0 spiro atoms. The summed E-state index contributed by atoms with van der Waals surface area (Å²) in [6.07, 6.45) is 2.62. The smallest absolute Gasteiger partial charge is 0.263 e. The molecule has 10 heavy (non-hydrogen) atoms. The quantitative estimate of drug-likeness (QED) is 0.398. The highest BCUT2D eigenvalue weighted by molar-refractivity contribution is 7.84. The van der Waals surface area contributed by atoms with E-state index < -0.39 is 10.4 Å². The summed E-state index contributed by atoms with van der Waals surface area (Å²) in [6, 6.07) is 0. The van der Waals surface area contributed by atoms with Crippen molar-refractivity contribution >= 4 is 19.2 Å². The van der Waals surface area contributed by atoms with E-state index in [-0.39, 0.29) is 8.81 Å². The van der Waals surface area contributed by atoms with Crippen molar-refractivity contribution in [2.24, 2.45) is 0 Å². The van der Waals surface area contributed by atoms with Gasteiger partial charge in [-0.05, 0) is 12.6 Å². The van der Waals surface area contributed by atoms with Crippen LogP contribution in [0.25, 0.3) is 0 Å². The molecule has 0 aromatic heterocycles. The molecular formula is C4H11O4PS. The minimum Gasteiger partial charge on any atom is -0.263 e. The lowest BCUT2D eigenvalue weighted by Crippen LogP contribution is -1.95. The molecule has 1 N–H and O–H groups in total. The van der Waals surface area contributed by atoms with Gasteiger partial charge in [-0.3, -0.25) is 4.55 Å². The monoisotopic (exact) mass is 186 g/mol. The molecule has 62 valence electrons. The Kier molecular flexibility index (Phi) is 5.17. The Morgan fingerprint density at radius 2 is 2.20 bits per heavy atom. The van der Waals surface area contributed by atoms with E-state index in [1.165, 1.54) is 0 Å². The lowest BCUT2D eigenvalue weighted by Gasteiger charge is -1.96. The van der Waals surface area contributed by atoms with E-state index in [0.29, 0.717) is 6.16 Å². The summed E-state index contributed by atoms with van der Waals surface area (Å²) in [5.41, 5.74) is 0. The van der Waals surface area contributed by atoms with Gasteiger partial charge in [-0.25, -0.2) is 3.97 Å². The number of rotatable bonds is 5. The standard InChI is InChI=1S/C4H11O4PS/c1-2-3-4-9-8-10(5,6)7/h9H,2-4H2,1H3,(H,5,6,7). The molecule has 6 heteroatoms. The summed E-state index contributed by atoms with van der Waals surface area (Å²) in [6.45, 7) is 2.00. The Balaban J connectivity index is 3.21. The van der Waals surface area contributed by atoms with E-state index in [4.69, 9.17) is 4.55 Å². The second-order valence-electron chi connectivity index (χ2n) is 1.76. The molecule has 0 fully saturated rings. The van der Waals surface area contributed by atoms with E-state index in [1.807, 2.05) is 6.92 Å². The van der Waals surface area contributed by atoms with Crippen LogP contribution in [0, 0.1) is 0 Å². The van der Waals surface area contributed by atoms with Gasteiger partial charge in [0.05, 0.1) is 0 Å². The molecule has 0 saturated heterocycles. The average molecular weight is 186 g/mol. The summed E-state index contributed by atoms with van der Waals surface area (Å²) < 4.78 is 32.0. The van der Waals surface area contributed by atoms with Crippen molar-refractivity contribution in [3.8, 4) is 0 Å². The van der Waals surface area contributed by atoms with Gasteiger partial charge >= 0.3 is 10.4 Å². The zero-order valence-corrected chi connectivity index (χ0v) is 7.52. The molecule has 0 aromatic carbocycles. The molecule has 0 aliphatic heterocycles. The van der Waals surface area contributed by atoms with Crippen LogP contribution in [0.2, 0.25) is 0 Å². The van der Waals surface area contributed by atoms with Crippen molar-refractivity contribution in [3.05, 3.63) is 0 Å². The van der Waals surface area contributed by atoms with Crippen molar-refractivity contribution in [1.29, 1.82) is 0 Å². The molecule has 1 atom stereocenters. The second-order valence-corrected chi connectivity index (χ2v) is 4.07. The fourth-order valence-electron chi connectivity index (χ4n) is 0.365. The highest BCUT2D eigenvalue weighted by Gasteiger charge is 2.01. The molecular weight excluding hydrogens is 175 g/mol. The molecule has 0 rings (SSSR count). The van der Waals surface area contributed by atoms with Crippen molar-refractivity contribution in [1.82, 2.24) is 0 Å². The van der Waals surface area contributed by atoms with Crippen LogP contribution < -0.4 is 0 Å². The maximum absolute atomic E-state index is 9.93. The molecule has 0 aliphatic carbocycles. The van der Waals surface area contributed by atoms with Gasteiger partial charge in [-0.1, -0.05) is 13.3 Å². The zero-order valence-electron chi connectivity index (χ0n) is 5.70. The van der Waals surface area contributed by atoms with Gasteiger partial charge in [0, 0.05) is 8.81 Å². The van der Waals surface area contributed by atoms with E-state index in [1.54, 1.807) is 0 Å². The van der Waals surface area contributed by atoms with Crippen LogP contribution in [0.5, 0.6) is 0 Å². The number of hydrogen-bond acceptors (Lipinski definition) is 3. The lowest BCUT2D eigenvalue weighted by molar-refractivity contribution is 0.404. The molecule has 0 radical (unpaired) electrons. The zero-order chi connectivity index (χ0) is 8.04. The van der Waals surface area contributed by atoms with E-state index in [2.05, 4.69) is 3.97 Å². The molecule has 4 nitrogen and oxygen atoms in total. The second kappa shape index (κ2) is 5.02. The van der Waals surface area contributed by atoms with Crippen LogP contribution >= 0.6 is 8.81 Å². The van der Waals surface area contributed by atoms with Crippen molar-refractivity contribution < 1.29 is 16.9 Å². The summed E-state index contributed by atoms with van der Waals surface area (Å²) in [5, 5.41) is 0. The largest absolute Gasteiger partial charge is 0.400 e. The molecule has 0 aliphatic rings. The van der Waals surface area contributed by atoms with Crippen LogP contribution in [0.15, 0.2) is 0 Å². The maximum atomic E-state index is 9.93. The first-order chi connectivity index (χ1) is 4.56.